The third-order valence-electron chi connectivity index (χ3n) is 11.8. The van der Waals surface area contributed by atoms with Gasteiger partial charge in [-0.15, -0.1) is 0 Å². The minimum atomic E-state index is -0.983. The SMILES string of the molecule is N#Cc1ccc(OC2CCC(Oc3ccc(C(=O)N4CCN(C5CCN(c6ccc7c(c6)C(=O)N(C6CCC(=O)NC6=O)C7=O)CC5)CC4)cc3)CC2)cc1Cl. The molecular weight excluding hydrogens is 736 g/mol. The number of carbonyl (C=O) groups is 5. The van der Waals surface area contributed by atoms with Gasteiger partial charge in [0.2, 0.25) is 11.8 Å². The molecule has 1 N–H and O–H groups in total. The Kier molecular flexibility index (Phi) is 10.7. The highest BCUT2D eigenvalue weighted by Gasteiger charge is 2.45. The number of ether oxygens (including phenoxy) is 2. The molecule has 1 saturated carbocycles. The van der Waals surface area contributed by atoms with Gasteiger partial charge >= 0.3 is 0 Å². The molecule has 4 aliphatic heterocycles. The Morgan fingerprint density at radius 2 is 1.38 bits per heavy atom. The maximum atomic E-state index is 13.4. The predicted octanol–water partition coefficient (Wildman–Crippen LogP) is 4.81. The minimum Gasteiger partial charge on any atom is -0.490 e. The Bertz CT molecular complexity index is 2080. The van der Waals surface area contributed by atoms with Gasteiger partial charge in [0.1, 0.15) is 23.6 Å². The Hall–Kier alpha value is -5.45. The van der Waals surface area contributed by atoms with E-state index < -0.39 is 29.7 Å². The molecule has 1 unspecified atom stereocenters. The van der Waals surface area contributed by atoms with Gasteiger partial charge in [0.15, 0.2) is 0 Å². The molecule has 1 atom stereocenters. The van der Waals surface area contributed by atoms with E-state index in [4.69, 9.17) is 26.3 Å². The van der Waals surface area contributed by atoms with Crippen LogP contribution in [0.3, 0.4) is 0 Å². The lowest BCUT2D eigenvalue weighted by atomic mass is 9.95. The number of imide groups is 2. The van der Waals surface area contributed by atoms with Crippen LogP contribution in [-0.2, 0) is 9.59 Å². The molecule has 4 fully saturated rings. The number of hydrogen-bond acceptors (Lipinski definition) is 10. The summed E-state index contributed by atoms with van der Waals surface area (Å²) in [7, 11) is 0. The van der Waals surface area contributed by atoms with Crippen molar-refractivity contribution in [3.05, 3.63) is 87.9 Å². The average molecular weight is 779 g/mol. The molecule has 290 valence electrons. The van der Waals surface area contributed by atoms with E-state index in [1.54, 1.807) is 30.3 Å². The van der Waals surface area contributed by atoms with Crippen LogP contribution in [0.1, 0.15) is 88.0 Å². The zero-order valence-corrected chi connectivity index (χ0v) is 31.7. The number of benzene rings is 3. The summed E-state index contributed by atoms with van der Waals surface area (Å²) in [5, 5.41) is 11.7. The second-order valence-corrected chi connectivity index (χ2v) is 15.5. The first-order valence-corrected chi connectivity index (χ1v) is 19.8. The van der Waals surface area contributed by atoms with E-state index in [0.717, 1.165) is 81.0 Å². The highest BCUT2D eigenvalue weighted by Crippen LogP contribution is 2.33. The molecule has 1 aliphatic carbocycles. The molecule has 5 amide bonds. The van der Waals surface area contributed by atoms with E-state index in [-0.39, 0.29) is 36.5 Å². The molecule has 4 heterocycles. The van der Waals surface area contributed by atoms with Crippen molar-refractivity contribution in [2.75, 3.05) is 44.2 Å². The minimum absolute atomic E-state index is 0.0207. The summed E-state index contributed by atoms with van der Waals surface area (Å²) >= 11 is 6.15. The maximum absolute atomic E-state index is 13.4. The van der Waals surface area contributed by atoms with Crippen molar-refractivity contribution in [2.24, 2.45) is 0 Å². The molecule has 0 aromatic heterocycles. The van der Waals surface area contributed by atoms with Crippen molar-refractivity contribution in [3.8, 4) is 17.6 Å². The summed E-state index contributed by atoms with van der Waals surface area (Å²) in [6, 6.07) is 19.3. The molecule has 5 aliphatic rings. The lowest BCUT2D eigenvalue weighted by Gasteiger charge is -2.43. The van der Waals surface area contributed by atoms with Gasteiger partial charge in [0.25, 0.3) is 17.7 Å². The van der Waals surface area contributed by atoms with Crippen LogP contribution in [-0.4, -0.2) is 108 Å². The highest BCUT2D eigenvalue weighted by molar-refractivity contribution is 6.31. The predicted molar refractivity (Wildman–Crippen MR) is 206 cm³/mol. The standard InChI is InChI=1S/C42H43ClN6O7/c43-36-24-33(7-3-27(36)25-44)56-32-10-8-31(9-11-32)55-30-5-1-26(2-6-30)40(52)48-21-19-47(20-22-48)28-15-17-46(18-16-28)29-4-12-34-35(23-29)42(54)49(41(34)53)37-13-14-38(50)45-39(37)51/h1-7,12,23-24,28,31-32,37H,8-11,13-22H2,(H,45,50,51). The fourth-order valence-electron chi connectivity index (χ4n) is 8.61. The number of anilines is 1. The summed E-state index contributed by atoms with van der Waals surface area (Å²) < 4.78 is 12.4. The normalized spacial score (nSPS) is 23.4. The van der Waals surface area contributed by atoms with Crippen molar-refractivity contribution in [3.63, 3.8) is 0 Å². The van der Waals surface area contributed by atoms with Crippen LogP contribution in [0.4, 0.5) is 5.69 Å². The van der Waals surface area contributed by atoms with Crippen molar-refractivity contribution in [1.82, 2.24) is 20.0 Å². The fraction of sp³-hybridized carbons (Fsp3) is 0.429. The van der Waals surface area contributed by atoms with Crippen LogP contribution in [0, 0.1) is 11.3 Å². The van der Waals surface area contributed by atoms with Crippen molar-refractivity contribution < 1.29 is 33.4 Å². The number of halogens is 1. The van der Waals surface area contributed by atoms with Crippen LogP contribution >= 0.6 is 11.6 Å². The smallest absolute Gasteiger partial charge is 0.262 e. The van der Waals surface area contributed by atoms with E-state index in [9.17, 15) is 24.0 Å². The van der Waals surface area contributed by atoms with Crippen LogP contribution in [0.5, 0.6) is 11.5 Å². The molecular formula is C42H43ClN6O7. The first-order valence-electron chi connectivity index (χ1n) is 19.4. The van der Waals surface area contributed by atoms with Gasteiger partial charge < -0.3 is 19.3 Å². The highest BCUT2D eigenvalue weighted by atomic mass is 35.5. The Balaban J connectivity index is 0.772. The zero-order chi connectivity index (χ0) is 38.9. The number of piperidine rings is 2. The molecule has 13 nitrogen and oxygen atoms in total. The van der Waals surface area contributed by atoms with Gasteiger partial charge in [-0.3, -0.25) is 39.1 Å². The largest absolute Gasteiger partial charge is 0.490 e. The lowest BCUT2D eigenvalue weighted by molar-refractivity contribution is -0.136. The lowest BCUT2D eigenvalue weighted by Crippen LogP contribution is -2.54. The van der Waals surface area contributed by atoms with Crippen molar-refractivity contribution in [2.45, 2.75) is 75.7 Å². The van der Waals surface area contributed by atoms with Gasteiger partial charge in [-0.25, -0.2) is 0 Å². The number of rotatable bonds is 8. The third-order valence-corrected chi connectivity index (χ3v) is 12.1. The molecule has 14 heteroatoms. The monoisotopic (exact) mass is 778 g/mol. The number of piperazine rings is 1. The van der Waals surface area contributed by atoms with Crippen LogP contribution in [0.25, 0.3) is 0 Å². The Labute approximate surface area is 330 Å². The van der Waals surface area contributed by atoms with Gasteiger partial charge in [0, 0.05) is 69.0 Å². The molecule has 3 aromatic rings. The van der Waals surface area contributed by atoms with E-state index in [1.807, 2.05) is 35.2 Å². The van der Waals surface area contributed by atoms with Crippen LogP contribution in [0.2, 0.25) is 5.02 Å². The molecule has 8 rings (SSSR count). The molecule has 56 heavy (non-hydrogen) atoms. The van der Waals surface area contributed by atoms with E-state index in [0.29, 0.717) is 46.6 Å². The van der Waals surface area contributed by atoms with E-state index in [2.05, 4.69) is 21.2 Å². The molecule has 0 bridgehead atoms. The third kappa shape index (κ3) is 7.68. The van der Waals surface area contributed by atoms with Gasteiger partial charge in [-0.05, 0) is 99.5 Å². The number of fused-ring (bicyclic) bond motifs is 1. The van der Waals surface area contributed by atoms with Crippen LogP contribution < -0.4 is 19.7 Å². The summed E-state index contributed by atoms with van der Waals surface area (Å²) in [5.74, 6) is -0.583. The number of amides is 5. The summed E-state index contributed by atoms with van der Waals surface area (Å²) in [4.78, 5) is 71.5. The average Bonchev–Trinajstić information content (AvgIpc) is 3.46. The first-order chi connectivity index (χ1) is 27.1. The topological polar surface area (TPSA) is 153 Å². The summed E-state index contributed by atoms with van der Waals surface area (Å²) in [6.07, 6.45) is 5.60. The summed E-state index contributed by atoms with van der Waals surface area (Å²) in [5.41, 5.74) is 2.51. The van der Waals surface area contributed by atoms with Gasteiger partial charge in [-0.2, -0.15) is 5.26 Å². The number of nitrogens with one attached hydrogen (secondary N) is 1. The summed E-state index contributed by atoms with van der Waals surface area (Å²) in [6.45, 7) is 4.49. The maximum Gasteiger partial charge on any atom is 0.262 e. The van der Waals surface area contributed by atoms with Crippen LogP contribution in [0.15, 0.2) is 60.7 Å². The fourth-order valence-corrected chi connectivity index (χ4v) is 8.82. The number of nitriles is 1. The second kappa shape index (κ2) is 16.0. The Morgan fingerprint density at radius 1 is 0.732 bits per heavy atom. The number of carbonyl (C=O) groups excluding carboxylic acids is 5. The molecule has 0 radical (unpaired) electrons. The van der Waals surface area contributed by atoms with Gasteiger partial charge in [-0.1, -0.05) is 11.6 Å². The number of hydrogen-bond donors (Lipinski definition) is 1. The number of nitrogens with zero attached hydrogens (tertiary/aromatic N) is 5. The quantitative estimate of drug-likeness (QED) is 0.316. The van der Waals surface area contributed by atoms with Crippen molar-refractivity contribution in [1.29, 1.82) is 5.26 Å². The van der Waals surface area contributed by atoms with Crippen molar-refractivity contribution >= 4 is 46.8 Å². The Morgan fingerprint density at radius 3 is 2.02 bits per heavy atom. The van der Waals surface area contributed by atoms with E-state index >= 15 is 0 Å². The van der Waals surface area contributed by atoms with Gasteiger partial charge in [0.05, 0.1) is 33.9 Å². The molecule has 0 spiro atoms. The molecule has 3 aromatic carbocycles. The van der Waals surface area contributed by atoms with E-state index in [1.165, 1.54) is 0 Å². The second-order valence-electron chi connectivity index (χ2n) is 15.1. The first kappa shape index (κ1) is 37.5. The molecule has 3 saturated heterocycles. The zero-order valence-electron chi connectivity index (χ0n) is 31.0.